The first-order chi connectivity index (χ1) is 9.19. The van der Waals surface area contributed by atoms with Crippen LogP contribution in [0.4, 0.5) is 5.82 Å². The quantitative estimate of drug-likeness (QED) is 0.880. The van der Waals surface area contributed by atoms with E-state index in [0.717, 1.165) is 30.7 Å². The molecule has 1 aliphatic rings. The SMILES string of the molecule is CCNc1cc(CN2CCC(C(C)C)CC2)ccn1. The lowest BCUT2D eigenvalue weighted by molar-refractivity contribution is 0.152. The molecule has 0 aromatic carbocycles. The number of nitrogens with zero attached hydrogens (tertiary/aromatic N) is 2. The summed E-state index contributed by atoms with van der Waals surface area (Å²) in [5.74, 6) is 2.76. The molecule has 106 valence electrons. The molecule has 3 heteroatoms. The third-order valence-electron chi connectivity index (χ3n) is 4.16. The molecule has 1 N–H and O–H groups in total. The van der Waals surface area contributed by atoms with Gasteiger partial charge >= 0.3 is 0 Å². The fourth-order valence-electron chi connectivity index (χ4n) is 2.89. The monoisotopic (exact) mass is 261 g/mol. The minimum Gasteiger partial charge on any atom is -0.370 e. The number of nitrogens with one attached hydrogen (secondary N) is 1. The van der Waals surface area contributed by atoms with Crippen molar-refractivity contribution in [3.63, 3.8) is 0 Å². The zero-order valence-electron chi connectivity index (χ0n) is 12.5. The number of aromatic nitrogens is 1. The highest BCUT2D eigenvalue weighted by molar-refractivity contribution is 5.37. The molecular formula is C16H27N3. The Morgan fingerprint density at radius 3 is 2.74 bits per heavy atom. The van der Waals surface area contributed by atoms with E-state index in [4.69, 9.17) is 0 Å². The van der Waals surface area contributed by atoms with E-state index in [2.05, 4.69) is 48.1 Å². The van der Waals surface area contributed by atoms with Crippen molar-refractivity contribution in [2.45, 2.75) is 40.2 Å². The maximum Gasteiger partial charge on any atom is 0.126 e. The maximum absolute atomic E-state index is 4.33. The lowest BCUT2D eigenvalue weighted by Gasteiger charge is -2.33. The fraction of sp³-hybridized carbons (Fsp3) is 0.688. The van der Waals surface area contributed by atoms with Gasteiger partial charge in [-0.3, -0.25) is 4.90 Å². The smallest absolute Gasteiger partial charge is 0.126 e. The highest BCUT2D eigenvalue weighted by Crippen LogP contribution is 2.25. The Labute approximate surface area is 117 Å². The van der Waals surface area contributed by atoms with Gasteiger partial charge in [0, 0.05) is 19.3 Å². The molecular weight excluding hydrogens is 234 g/mol. The number of anilines is 1. The van der Waals surface area contributed by atoms with Gasteiger partial charge in [-0.1, -0.05) is 13.8 Å². The van der Waals surface area contributed by atoms with Crippen molar-refractivity contribution in [1.82, 2.24) is 9.88 Å². The molecule has 1 aliphatic heterocycles. The van der Waals surface area contributed by atoms with Gasteiger partial charge in [0.1, 0.15) is 5.82 Å². The van der Waals surface area contributed by atoms with Crippen LogP contribution in [0, 0.1) is 11.8 Å². The van der Waals surface area contributed by atoms with Gasteiger partial charge in [-0.05, 0) is 62.4 Å². The zero-order chi connectivity index (χ0) is 13.7. The van der Waals surface area contributed by atoms with Crippen molar-refractivity contribution < 1.29 is 0 Å². The predicted molar refractivity (Wildman–Crippen MR) is 81.2 cm³/mol. The molecule has 3 nitrogen and oxygen atoms in total. The van der Waals surface area contributed by atoms with Crippen LogP contribution in [-0.4, -0.2) is 29.5 Å². The van der Waals surface area contributed by atoms with Crippen LogP contribution in [0.25, 0.3) is 0 Å². The fourth-order valence-corrected chi connectivity index (χ4v) is 2.89. The van der Waals surface area contributed by atoms with E-state index < -0.39 is 0 Å². The van der Waals surface area contributed by atoms with E-state index in [1.807, 2.05) is 6.20 Å². The summed E-state index contributed by atoms with van der Waals surface area (Å²) in [5.41, 5.74) is 1.37. The molecule has 0 radical (unpaired) electrons. The van der Waals surface area contributed by atoms with E-state index in [1.165, 1.54) is 31.5 Å². The van der Waals surface area contributed by atoms with Crippen LogP contribution in [0.1, 0.15) is 39.2 Å². The molecule has 19 heavy (non-hydrogen) atoms. The van der Waals surface area contributed by atoms with Crippen LogP contribution < -0.4 is 5.32 Å². The van der Waals surface area contributed by atoms with Crippen molar-refractivity contribution in [3.05, 3.63) is 23.9 Å². The number of rotatable bonds is 5. The van der Waals surface area contributed by atoms with Gasteiger partial charge in [0.05, 0.1) is 0 Å². The molecule has 1 saturated heterocycles. The van der Waals surface area contributed by atoms with Crippen molar-refractivity contribution in [1.29, 1.82) is 0 Å². The minimum atomic E-state index is 0.837. The lowest BCUT2D eigenvalue weighted by atomic mass is 9.86. The van der Waals surface area contributed by atoms with Gasteiger partial charge < -0.3 is 5.32 Å². The zero-order valence-corrected chi connectivity index (χ0v) is 12.5. The standard InChI is InChI=1S/C16H27N3/c1-4-17-16-11-14(5-8-18-16)12-19-9-6-15(7-10-19)13(2)3/h5,8,11,13,15H,4,6-7,9-10,12H2,1-3H3,(H,17,18). The normalized spacial score (nSPS) is 17.9. The van der Waals surface area contributed by atoms with Crippen LogP contribution in [-0.2, 0) is 6.54 Å². The van der Waals surface area contributed by atoms with E-state index in [-0.39, 0.29) is 0 Å². The van der Waals surface area contributed by atoms with Gasteiger partial charge in [-0.25, -0.2) is 4.98 Å². The molecule has 0 unspecified atom stereocenters. The Balaban J connectivity index is 1.86. The predicted octanol–water partition coefficient (Wildman–Crippen LogP) is 3.38. The molecule has 0 atom stereocenters. The average Bonchev–Trinajstić information content (AvgIpc) is 2.40. The summed E-state index contributed by atoms with van der Waals surface area (Å²) < 4.78 is 0. The number of likely N-dealkylation sites (tertiary alicyclic amines) is 1. The molecule has 0 aliphatic carbocycles. The van der Waals surface area contributed by atoms with E-state index >= 15 is 0 Å². The van der Waals surface area contributed by atoms with Crippen LogP contribution in [0.2, 0.25) is 0 Å². The van der Waals surface area contributed by atoms with Crippen LogP contribution in [0.3, 0.4) is 0 Å². The van der Waals surface area contributed by atoms with Crippen molar-refractivity contribution in [3.8, 4) is 0 Å². The molecule has 1 aromatic rings. The molecule has 2 rings (SSSR count). The highest BCUT2D eigenvalue weighted by Gasteiger charge is 2.21. The molecule has 0 spiro atoms. The van der Waals surface area contributed by atoms with E-state index in [0.29, 0.717) is 0 Å². The first-order valence-electron chi connectivity index (χ1n) is 7.60. The van der Waals surface area contributed by atoms with Gasteiger partial charge in [-0.2, -0.15) is 0 Å². The summed E-state index contributed by atoms with van der Waals surface area (Å²) in [7, 11) is 0. The second kappa shape index (κ2) is 6.90. The number of hydrogen-bond acceptors (Lipinski definition) is 3. The topological polar surface area (TPSA) is 28.2 Å². The summed E-state index contributed by atoms with van der Waals surface area (Å²) in [5, 5.41) is 3.28. The van der Waals surface area contributed by atoms with E-state index in [9.17, 15) is 0 Å². The number of hydrogen-bond donors (Lipinski definition) is 1. The summed E-state index contributed by atoms with van der Waals surface area (Å²) in [6.45, 7) is 11.3. The molecule has 2 heterocycles. The third-order valence-corrected chi connectivity index (χ3v) is 4.16. The summed E-state index contributed by atoms with van der Waals surface area (Å²) in [4.78, 5) is 6.90. The average molecular weight is 261 g/mol. The molecule has 0 amide bonds. The Kier molecular flexibility index (Phi) is 5.20. The van der Waals surface area contributed by atoms with Gasteiger partial charge in [0.15, 0.2) is 0 Å². The van der Waals surface area contributed by atoms with Crippen LogP contribution in [0.15, 0.2) is 18.3 Å². The first-order valence-corrected chi connectivity index (χ1v) is 7.60. The first kappa shape index (κ1) is 14.3. The molecule has 1 aromatic heterocycles. The van der Waals surface area contributed by atoms with Gasteiger partial charge in [-0.15, -0.1) is 0 Å². The van der Waals surface area contributed by atoms with Crippen LogP contribution >= 0.6 is 0 Å². The van der Waals surface area contributed by atoms with Crippen molar-refractivity contribution in [2.24, 2.45) is 11.8 Å². The molecule has 0 bridgehead atoms. The molecule has 1 fully saturated rings. The largest absolute Gasteiger partial charge is 0.370 e. The van der Waals surface area contributed by atoms with E-state index in [1.54, 1.807) is 0 Å². The second-order valence-electron chi connectivity index (χ2n) is 5.94. The Morgan fingerprint density at radius 2 is 2.11 bits per heavy atom. The minimum absolute atomic E-state index is 0.837. The highest BCUT2D eigenvalue weighted by atomic mass is 15.1. The Hall–Kier alpha value is -1.09. The van der Waals surface area contributed by atoms with Crippen molar-refractivity contribution in [2.75, 3.05) is 25.0 Å². The summed E-state index contributed by atoms with van der Waals surface area (Å²) in [6.07, 6.45) is 4.61. The summed E-state index contributed by atoms with van der Waals surface area (Å²) in [6, 6.07) is 4.31. The van der Waals surface area contributed by atoms with Crippen LogP contribution in [0.5, 0.6) is 0 Å². The van der Waals surface area contributed by atoms with Gasteiger partial charge in [0.25, 0.3) is 0 Å². The number of pyridine rings is 1. The summed E-state index contributed by atoms with van der Waals surface area (Å²) >= 11 is 0. The Morgan fingerprint density at radius 1 is 1.37 bits per heavy atom. The third kappa shape index (κ3) is 4.20. The lowest BCUT2D eigenvalue weighted by Crippen LogP contribution is -2.34. The second-order valence-corrected chi connectivity index (χ2v) is 5.94. The maximum atomic E-state index is 4.33. The Bertz CT molecular complexity index is 381. The van der Waals surface area contributed by atoms with Crippen molar-refractivity contribution >= 4 is 5.82 Å². The number of piperidine rings is 1. The molecule has 0 saturated carbocycles. The van der Waals surface area contributed by atoms with Gasteiger partial charge in [0.2, 0.25) is 0 Å².